The molecule has 0 spiro atoms. The largest absolute Gasteiger partial charge is 0.744 e. The minimum atomic E-state index is -4.68. The van der Waals surface area contributed by atoms with Crippen LogP contribution in [0.2, 0.25) is 0 Å². The average Bonchev–Trinajstić information content (AvgIpc) is 2.82. The molecule has 0 unspecified atom stereocenters. The van der Waals surface area contributed by atoms with E-state index in [-0.39, 0.29) is 10.9 Å². The van der Waals surface area contributed by atoms with Gasteiger partial charge in [-0.1, -0.05) is 54.1 Å². The predicted molar refractivity (Wildman–Crippen MR) is 135 cm³/mol. The third kappa shape index (κ3) is 7.00. The lowest BCUT2D eigenvalue weighted by atomic mass is 10.1. The summed E-state index contributed by atoms with van der Waals surface area (Å²) in [5.41, 5.74) is 3.11. The summed E-state index contributed by atoms with van der Waals surface area (Å²) in [6.45, 7) is 6.65. The van der Waals surface area contributed by atoms with E-state index >= 15 is 0 Å². The summed E-state index contributed by atoms with van der Waals surface area (Å²) >= 11 is 0. The van der Waals surface area contributed by atoms with Crippen LogP contribution in [0, 0.1) is 20.8 Å². The van der Waals surface area contributed by atoms with Gasteiger partial charge in [-0.2, -0.15) is 13.2 Å². The molecule has 0 saturated heterocycles. The Morgan fingerprint density at radius 1 is 0.694 bits per heavy atom. The van der Waals surface area contributed by atoms with Crippen molar-refractivity contribution in [1.29, 1.82) is 0 Å². The van der Waals surface area contributed by atoms with Crippen LogP contribution in [0.25, 0.3) is 0 Å². The number of hydrogen-bond donors (Lipinski definition) is 0. The zero-order valence-electron chi connectivity index (χ0n) is 19.9. The zero-order chi connectivity index (χ0) is 26.5. The normalized spacial score (nSPS) is 11.7. The molecule has 8 heteroatoms. The van der Waals surface area contributed by atoms with Crippen LogP contribution in [0.5, 0.6) is 0 Å². The molecule has 0 radical (unpaired) electrons. The Kier molecular flexibility index (Phi) is 8.66. The second-order valence-electron chi connectivity index (χ2n) is 8.14. The van der Waals surface area contributed by atoms with Gasteiger partial charge in [0.15, 0.2) is 14.7 Å². The quantitative estimate of drug-likeness (QED) is 0.205. The highest BCUT2D eigenvalue weighted by Crippen LogP contribution is 2.35. The van der Waals surface area contributed by atoms with Crippen LogP contribution in [0.15, 0.2) is 117 Å². The third-order valence-electron chi connectivity index (χ3n) is 5.24. The number of rotatable bonds is 4. The molecule has 3 nitrogen and oxygen atoms in total. The van der Waals surface area contributed by atoms with Crippen molar-refractivity contribution in [2.24, 2.45) is 0 Å². The van der Waals surface area contributed by atoms with E-state index in [4.69, 9.17) is 0 Å². The summed E-state index contributed by atoms with van der Waals surface area (Å²) in [6.07, 6.45) is -4.54. The highest BCUT2D eigenvalue weighted by molar-refractivity contribution is 7.97. The van der Waals surface area contributed by atoms with Crippen LogP contribution in [0.4, 0.5) is 13.2 Å². The summed E-state index contributed by atoms with van der Waals surface area (Å²) in [7, 11) is -4.73. The SMILES string of the molecule is Cc1cc(C)c([S+](c2ccccc2)c2ccccc2)c(C)c1.O=S(=O)([O-])c1ccc(C(F)(F)F)cc1. The van der Waals surface area contributed by atoms with E-state index in [1.807, 2.05) is 0 Å². The van der Waals surface area contributed by atoms with Crippen molar-refractivity contribution in [3.63, 3.8) is 0 Å². The molecule has 0 aliphatic rings. The van der Waals surface area contributed by atoms with Crippen molar-refractivity contribution in [2.75, 3.05) is 0 Å². The Bertz CT molecular complexity index is 1340. The first-order chi connectivity index (χ1) is 16.9. The first-order valence-electron chi connectivity index (χ1n) is 10.9. The van der Waals surface area contributed by atoms with Gasteiger partial charge in [-0.15, -0.1) is 0 Å². The van der Waals surface area contributed by atoms with Crippen LogP contribution < -0.4 is 0 Å². The van der Waals surface area contributed by atoms with Gasteiger partial charge in [-0.3, -0.25) is 0 Å². The summed E-state index contributed by atoms with van der Waals surface area (Å²) in [4.78, 5) is 3.54. The monoisotopic (exact) mass is 530 g/mol. The lowest BCUT2D eigenvalue weighted by Crippen LogP contribution is -2.08. The molecule has 4 aromatic carbocycles. The van der Waals surface area contributed by atoms with Gasteiger partial charge in [0.05, 0.1) is 21.4 Å². The molecular formula is C28H25F3O3S2. The summed E-state index contributed by atoms with van der Waals surface area (Å²) in [6, 6.07) is 28.7. The zero-order valence-corrected chi connectivity index (χ0v) is 21.5. The Morgan fingerprint density at radius 2 is 1.11 bits per heavy atom. The molecule has 0 amide bonds. The summed E-state index contributed by atoms with van der Waals surface area (Å²) in [5, 5.41) is 0. The van der Waals surface area contributed by atoms with Gasteiger partial charge in [-0.25, -0.2) is 8.42 Å². The molecule has 0 fully saturated rings. The molecule has 4 rings (SSSR count). The van der Waals surface area contributed by atoms with Crippen LogP contribution in [-0.2, 0) is 27.2 Å². The number of alkyl halides is 3. The maximum atomic E-state index is 12.0. The minimum Gasteiger partial charge on any atom is -0.744 e. The fourth-order valence-corrected chi connectivity index (χ4v) is 6.62. The Morgan fingerprint density at radius 3 is 1.47 bits per heavy atom. The van der Waals surface area contributed by atoms with E-state index < -0.39 is 26.8 Å². The van der Waals surface area contributed by atoms with E-state index in [0.29, 0.717) is 24.3 Å². The maximum Gasteiger partial charge on any atom is 0.416 e. The smallest absolute Gasteiger partial charge is 0.416 e. The van der Waals surface area contributed by atoms with Gasteiger partial charge in [-0.05, 0) is 69.3 Å². The Labute approximate surface area is 212 Å². The van der Waals surface area contributed by atoms with Gasteiger partial charge >= 0.3 is 6.18 Å². The van der Waals surface area contributed by atoms with Gasteiger partial charge in [0, 0.05) is 11.1 Å². The Balaban J connectivity index is 0.000000223. The molecule has 0 N–H and O–H groups in total. The van der Waals surface area contributed by atoms with Gasteiger partial charge < -0.3 is 4.55 Å². The van der Waals surface area contributed by atoms with Crippen molar-refractivity contribution in [1.82, 2.24) is 0 Å². The van der Waals surface area contributed by atoms with Crippen molar-refractivity contribution >= 4 is 21.0 Å². The molecule has 0 atom stereocenters. The van der Waals surface area contributed by atoms with Crippen molar-refractivity contribution in [3.8, 4) is 0 Å². The van der Waals surface area contributed by atoms with E-state index in [1.54, 1.807) is 0 Å². The molecule has 0 bridgehead atoms. The first kappa shape index (κ1) is 27.5. The van der Waals surface area contributed by atoms with Gasteiger partial charge in [0.1, 0.15) is 10.1 Å². The third-order valence-corrected chi connectivity index (χ3v) is 8.63. The number of aryl methyl sites for hydroxylation is 3. The summed E-state index contributed by atoms with van der Waals surface area (Å²) < 4.78 is 67.0. The molecule has 0 aliphatic heterocycles. The second kappa shape index (κ2) is 11.3. The lowest BCUT2D eigenvalue weighted by Gasteiger charge is -2.13. The standard InChI is InChI=1S/C21H21S.C7H5F3O3S/c1-16-14-17(2)21(18(3)15-16)22(19-10-6-4-7-11-19)20-12-8-5-9-13-20;8-7(9,10)5-1-3-6(4-2-5)14(11,12)13/h4-15H,1-3H3;1-4H,(H,11,12,13)/q+1;/p-1. The number of halogens is 3. The van der Waals surface area contributed by atoms with Crippen molar-refractivity contribution in [2.45, 2.75) is 46.5 Å². The van der Waals surface area contributed by atoms with E-state index in [2.05, 4.69) is 93.6 Å². The van der Waals surface area contributed by atoms with Gasteiger partial charge in [0.25, 0.3) is 0 Å². The molecule has 188 valence electrons. The Hall–Kier alpha value is -3.07. The molecule has 0 saturated carbocycles. The van der Waals surface area contributed by atoms with Crippen LogP contribution in [0.1, 0.15) is 22.3 Å². The van der Waals surface area contributed by atoms with Gasteiger partial charge in [0.2, 0.25) is 0 Å². The van der Waals surface area contributed by atoms with Crippen molar-refractivity contribution in [3.05, 3.63) is 119 Å². The molecule has 0 aliphatic carbocycles. The molecular weight excluding hydrogens is 505 g/mol. The van der Waals surface area contributed by atoms with E-state index in [9.17, 15) is 26.1 Å². The second-order valence-corrected chi connectivity index (χ2v) is 11.5. The van der Waals surface area contributed by atoms with Crippen LogP contribution in [-0.4, -0.2) is 13.0 Å². The maximum absolute atomic E-state index is 12.0. The van der Waals surface area contributed by atoms with Crippen molar-refractivity contribution < 1.29 is 26.1 Å². The molecule has 0 heterocycles. The minimum absolute atomic E-state index is 0.0460. The first-order valence-corrected chi connectivity index (χ1v) is 13.6. The fraction of sp³-hybridized carbons (Fsp3) is 0.143. The van der Waals surface area contributed by atoms with Crippen LogP contribution in [0.3, 0.4) is 0 Å². The highest BCUT2D eigenvalue weighted by Gasteiger charge is 2.32. The summed E-state index contributed by atoms with van der Waals surface area (Å²) in [5.74, 6) is 0. The van der Waals surface area contributed by atoms with Crippen LogP contribution >= 0.6 is 0 Å². The fourth-order valence-electron chi connectivity index (χ4n) is 3.78. The molecule has 4 aromatic rings. The molecule has 36 heavy (non-hydrogen) atoms. The molecule has 0 aromatic heterocycles. The lowest BCUT2D eigenvalue weighted by molar-refractivity contribution is -0.137. The number of hydrogen-bond acceptors (Lipinski definition) is 3. The topological polar surface area (TPSA) is 57.2 Å². The average molecular weight is 531 g/mol. The van der Waals surface area contributed by atoms with E-state index in [0.717, 1.165) is 0 Å². The van der Waals surface area contributed by atoms with E-state index in [1.165, 1.54) is 31.4 Å². The highest BCUT2D eigenvalue weighted by atomic mass is 32.2. The predicted octanol–water partition coefficient (Wildman–Crippen LogP) is 7.32. The number of benzene rings is 4.